The Labute approximate surface area is 155 Å². The van der Waals surface area contributed by atoms with Crippen LogP contribution < -0.4 is 11.0 Å². The minimum absolute atomic E-state index is 0.0604. The van der Waals surface area contributed by atoms with Gasteiger partial charge in [-0.3, -0.25) is 14.3 Å². The first-order chi connectivity index (χ1) is 12.2. The molecular formula is C18H33N5O3. The highest BCUT2D eigenvalue weighted by Gasteiger charge is 2.27. The van der Waals surface area contributed by atoms with Crippen LogP contribution in [0.5, 0.6) is 0 Å². The van der Waals surface area contributed by atoms with Gasteiger partial charge in [-0.05, 0) is 53.6 Å². The molecule has 1 saturated heterocycles. The standard InChI is InChI=1S/C18H33N5O3/c1-6-22-16(20-23(17(22)25)11-12-26-5)14-7-9-21(10-8-14)13-15(24)19-18(2,3)4/h14H,6-13H2,1-5H3,(H,19,24). The predicted molar refractivity (Wildman–Crippen MR) is 100 cm³/mol. The molecule has 0 aromatic carbocycles. The zero-order chi connectivity index (χ0) is 19.3. The molecule has 8 nitrogen and oxygen atoms in total. The fourth-order valence-corrected chi connectivity index (χ4v) is 3.39. The maximum absolute atomic E-state index is 12.5. The number of nitrogens with one attached hydrogen (secondary N) is 1. The zero-order valence-electron chi connectivity index (χ0n) is 16.7. The lowest BCUT2D eigenvalue weighted by Crippen LogP contribution is -2.47. The summed E-state index contributed by atoms with van der Waals surface area (Å²) in [5, 5.41) is 7.57. The number of aromatic nitrogens is 3. The van der Waals surface area contributed by atoms with E-state index in [2.05, 4.69) is 15.3 Å². The minimum Gasteiger partial charge on any atom is -0.383 e. The summed E-state index contributed by atoms with van der Waals surface area (Å²) in [6, 6.07) is 0. The Morgan fingerprint density at radius 3 is 2.50 bits per heavy atom. The average molecular weight is 367 g/mol. The number of nitrogens with zero attached hydrogens (tertiary/aromatic N) is 4. The smallest absolute Gasteiger partial charge is 0.345 e. The van der Waals surface area contributed by atoms with Crippen LogP contribution in [0.25, 0.3) is 0 Å². The molecule has 148 valence electrons. The van der Waals surface area contributed by atoms with E-state index in [4.69, 9.17) is 4.74 Å². The molecule has 2 rings (SSSR count). The van der Waals surface area contributed by atoms with Gasteiger partial charge in [-0.15, -0.1) is 0 Å². The molecule has 8 heteroatoms. The first-order valence-corrected chi connectivity index (χ1v) is 9.45. The van der Waals surface area contributed by atoms with Crippen LogP contribution in [0.4, 0.5) is 0 Å². The van der Waals surface area contributed by atoms with Crippen molar-refractivity contribution in [1.29, 1.82) is 0 Å². The maximum Gasteiger partial charge on any atom is 0.345 e. The molecule has 26 heavy (non-hydrogen) atoms. The van der Waals surface area contributed by atoms with E-state index >= 15 is 0 Å². The van der Waals surface area contributed by atoms with Crippen molar-refractivity contribution in [2.75, 3.05) is 33.4 Å². The molecule has 1 N–H and O–H groups in total. The summed E-state index contributed by atoms with van der Waals surface area (Å²) >= 11 is 0. The number of methoxy groups -OCH3 is 1. The molecule has 1 amide bonds. The summed E-state index contributed by atoms with van der Waals surface area (Å²) < 4.78 is 8.33. The number of rotatable bonds is 7. The van der Waals surface area contributed by atoms with Crippen LogP contribution >= 0.6 is 0 Å². The molecule has 0 aliphatic carbocycles. The fourth-order valence-electron chi connectivity index (χ4n) is 3.39. The van der Waals surface area contributed by atoms with Crippen molar-refractivity contribution in [2.24, 2.45) is 0 Å². The van der Waals surface area contributed by atoms with Crippen molar-refractivity contribution in [2.45, 2.75) is 65.1 Å². The lowest BCUT2D eigenvalue weighted by atomic mass is 9.96. The molecule has 0 saturated carbocycles. The molecule has 0 atom stereocenters. The average Bonchev–Trinajstić information content (AvgIpc) is 2.87. The monoisotopic (exact) mass is 367 g/mol. The SMILES string of the molecule is CCn1c(C2CCN(CC(=O)NC(C)(C)C)CC2)nn(CCOC)c1=O. The zero-order valence-corrected chi connectivity index (χ0v) is 16.7. The van der Waals surface area contributed by atoms with Gasteiger partial charge in [0.2, 0.25) is 5.91 Å². The molecule has 1 aromatic heterocycles. The summed E-state index contributed by atoms with van der Waals surface area (Å²) in [5.74, 6) is 1.19. The van der Waals surface area contributed by atoms with E-state index < -0.39 is 0 Å². The predicted octanol–water partition coefficient (Wildman–Crippen LogP) is 0.805. The summed E-state index contributed by atoms with van der Waals surface area (Å²) in [6.45, 7) is 11.6. The third kappa shape index (κ3) is 5.41. The van der Waals surface area contributed by atoms with Crippen molar-refractivity contribution in [3.8, 4) is 0 Å². The molecule has 0 unspecified atom stereocenters. The Morgan fingerprint density at radius 1 is 1.31 bits per heavy atom. The highest BCUT2D eigenvalue weighted by molar-refractivity contribution is 5.78. The van der Waals surface area contributed by atoms with Gasteiger partial charge in [-0.1, -0.05) is 0 Å². The van der Waals surface area contributed by atoms with Crippen LogP contribution in [0.1, 0.15) is 52.3 Å². The van der Waals surface area contributed by atoms with E-state index in [1.54, 1.807) is 11.7 Å². The summed E-state index contributed by atoms with van der Waals surface area (Å²) in [7, 11) is 1.62. The lowest BCUT2D eigenvalue weighted by Gasteiger charge is -2.32. The van der Waals surface area contributed by atoms with Crippen LogP contribution in [0.2, 0.25) is 0 Å². The first-order valence-electron chi connectivity index (χ1n) is 9.45. The number of hydrogen-bond acceptors (Lipinski definition) is 5. The topological polar surface area (TPSA) is 81.4 Å². The molecule has 0 spiro atoms. The van der Waals surface area contributed by atoms with Gasteiger partial charge in [0.1, 0.15) is 5.82 Å². The van der Waals surface area contributed by atoms with Crippen LogP contribution in [-0.2, 0) is 22.6 Å². The Balaban J connectivity index is 1.97. The van der Waals surface area contributed by atoms with Crippen molar-refractivity contribution >= 4 is 5.91 Å². The second kappa shape index (κ2) is 8.81. The van der Waals surface area contributed by atoms with Crippen LogP contribution in [0.3, 0.4) is 0 Å². The van der Waals surface area contributed by atoms with Crippen molar-refractivity contribution in [3.63, 3.8) is 0 Å². The van der Waals surface area contributed by atoms with Gasteiger partial charge in [0.05, 0.1) is 19.7 Å². The number of carbonyl (C=O) groups excluding carboxylic acids is 1. The lowest BCUT2D eigenvalue weighted by molar-refractivity contribution is -0.123. The summed E-state index contributed by atoms with van der Waals surface area (Å²) in [6.07, 6.45) is 1.81. The summed E-state index contributed by atoms with van der Waals surface area (Å²) in [5.41, 5.74) is -0.270. The normalized spacial score (nSPS) is 16.8. The number of amides is 1. The van der Waals surface area contributed by atoms with Gasteiger partial charge >= 0.3 is 5.69 Å². The number of ether oxygens (including phenoxy) is 1. The number of likely N-dealkylation sites (tertiary alicyclic amines) is 1. The number of hydrogen-bond donors (Lipinski definition) is 1. The third-order valence-electron chi connectivity index (χ3n) is 4.61. The van der Waals surface area contributed by atoms with E-state index in [1.807, 2.05) is 27.7 Å². The Morgan fingerprint density at radius 2 is 1.96 bits per heavy atom. The van der Waals surface area contributed by atoms with Gasteiger partial charge < -0.3 is 10.1 Å². The van der Waals surface area contributed by atoms with Crippen LogP contribution in [-0.4, -0.2) is 64.0 Å². The van der Waals surface area contributed by atoms with Gasteiger partial charge in [0.25, 0.3) is 0 Å². The Kier molecular flexibility index (Phi) is 7.00. The molecule has 1 aliphatic rings. The van der Waals surface area contributed by atoms with Crippen molar-refractivity contribution in [1.82, 2.24) is 24.6 Å². The third-order valence-corrected chi connectivity index (χ3v) is 4.61. The number of carbonyl (C=O) groups is 1. The molecule has 0 bridgehead atoms. The van der Waals surface area contributed by atoms with Gasteiger partial charge in [0, 0.05) is 25.1 Å². The maximum atomic E-state index is 12.5. The van der Waals surface area contributed by atoms with Gasteiger partial charge in [0.15, 0.2) is 0 Å². The first kappa shape index (κ1) is 20.6. The van der Waals surface area contributed by atoms with E-state index in [0.29, 0.717) is 26.2 Å². The quantitative estimate of drug-likeness (QED) is 0.771. The highest BCUT2D eigenvalue weighted by atomic mass is 16.5. The fraction of sp³-hybridized carbons (Fsp3) is 0.833. The van der Waals surface area contributed by atoms with E-state index in [9.17, 15) is 9.59 Å². The molecular weight excluding hydrogens is 334 g/mol. The molecule has 1 aliphatic heterocycles. The van der Waals surface area contributed by atoms with E-state index in [0.717, 1.165) is 31.8 Å². The Bertz CT molecular complexity index is 651. The molecule has 1 aromatic rings. The van der Waals surface area contributed by atoms with Crippen molar-refractivity contribution in [3.05, 3.63) is 16.3 Å². The van der Waals surface area contributed by atoms with Gasteiger partial charge in [-0.25, -0.2) is 9.48 Å². The van der Waals surface area contributed by atoms with Crippen LogP contribution in [0, 0.1) is 0 Å². The van der Waals surface area contributed by atoms with E-state index in [-0.39, 0.29) is 23.1 Å². The van der Waals surface area contributed by atoms with Crippen molar-refractivity contribution < 1.29 is 9.53 Å². The van der Waals surface area contributed by atoms with E-state index in [1.165, 1.54) is 4.68 Å². The molecule has 1 fully saturated rings. The second-order valence-electron chi connectivity index (χ2n) is 7.95. The largest absolute Gasteiger partial charge is 0.383 e. The minimum atomic E-state index is -0.207. The second-order valence-corrected chi connectivity index (χ2v) is 7.95. The number of piperidine rings is 1. The summed E-state index contributed by atoms with van der Waals surface area (Å²) in [4.78, 5) is 26.7. The highest BCUT2D eigenvalue weighted by Crippen LogP contribution is 2.26. The molecule has 0 radical (unpaired) electrons. The molecule has 2 heterocycles. The Hall–Kier alpha value is -1.67. The van der Waals surface area contributed by atoms with Crippen LogP contribution in [0.15, 0.2) is 4.79 Å². The van der Waals surface area contributed by atoms with Gasteiger partial charge in [-0.2, -0.15) is 5.10 Å².